The summed E-state index contributed by atoms with van der Waals surface area (Å²) in [5, 5.41) is 3.84. The van der Waals surface area contributed by atoms with Gasteiger partial charge in [-0.2, -0.15) is 0 Å². The molecule has 2 saturated carbocycles. The van der Waals surface area contributed by atoms with Crippen molar-refractivity contribution in [1.82, 2.24) is 10.2 Å². The van der Waals surface area contributed by atoms with Gasteiger partial charge in [-0.3, -0.25) is 0 Å². The van der Waals surface area contributed by atoms with Gasteiger partial charge in [0.2, 0.25) is 0 Å². The van der Waals surface area contributed by atoms with Gasteiger partial charge in [0.05, 0.1) is 0 Å². The fourth-order valence-electron chi connectivity index (χ4n) is 4.09. The van der Waals surface area contributed by atoms with Crippen LogP contribution in [0.4, 0.5) is 0 Å². The number of nitrogens with one attached hydrogen (secondary N) is 1. The van der Waals surface area contributed by atoms with Crippen LogP contribution in [0.15, 0.2) is 0 Å². The maximum absolute atomic E-state index is 3.84. The molecule has 4 atom stereocenters. The molecule has 19 heavy (non-hydrogen) atoms. The van der Waals surface area contributed by atoms with E-state index in [0.29, 0.717) is 0 Å². The Morgan fingerprint density at radius 1 is 1.16 bits per heavy atom. The molecule has 0 aliphatic heterocycles. The normalized spacial score (nSPS) is 36.5. The molecule has 2 aliphatic rings. The molecule has 2 heteroatoms. The van der Waals surface area contributed by atoms with Gasteiger partial charge in [0.1, 0.15) is 0 Å². The highest BCUT2D eigenvalue weighted by Gasteiger charge is 2.35. The topological polar surface area (TPSA) is 15.3 Å². The van der Waals surface area contributed by atoms with Crippen LogP contribution < -0.4 is 5.32 Å². The zero-order valence-corrected chi connectivity index (χ0v) is 13.5. The van der Waals surface area contributed by atoms with E-state index in [1.165, 1.54) is 51.6 Å². The van der Waals surface area contributed by atoms with Crippen LogP contribution in [-0.4, -0.2) is 37.1 Å². The van der Waals surface area contributed by atoms with Crippen LogP contribution in [0, 0.1) is 17.8 Å². The second kappa shape index (κ2) is 7.08. The molecule has 0 spiro atoms. The van der Waals surface area contributed by atoms with E-state index >= 15 is 0 Å². The average molecular weight is 266 g/mol. The molecule has 2 nitrogen and oxygen atoms in total. The van der Waals surface area contributed by atoms with E-state index in [2.05, 4.69) is 38.0 Å². The first kappa shape index (κ1) is 15.3. The molecule has 0 heterocycles. The molecule has 0 aromatic carbocycles. The van der Waals surface area contributed by atoms with E-state index in [1.807, 2.05) is 0 Å². The van der Waals surface area contributed by atoms with E-state index in [-0.39, 0.29) is 0 Å². The molecule has 0 bridgehead atoms. The quantitative estimate of drug-likeness (QED) is 0.791. The van der Waals surface area contributed by atoms with E-state index in [4.69, 9.17) is 0 Å². The number of hydrogen-bond acceptors (Lipinski definition) is 2. The van der Waals surface area contributed by atoms with Crippen LogP contribution in [0.25, 0.3) is 0 Å². The summed E-state index contributed by atoms with van der Waals surface area (Å²) in [5.41, 5.74) is 0. The van der Waals surface area contributed by atoms with Crippen molar-refractivity contribution in [1.29, 1.82) is 0 Å². The van der Waals surface area contributed by atoms with Crippen molar-refractivity contribution >= 4 is 0 Å². The molecule has 2 rings (SSSR count). The first-order chi connectivity index (χ1) is 9.11. The van der Waals surface area contributed by atoms with Gasteiger partial charge >= 0.3 is 0 Å². The van der Waals surface area contributed by atoms with Gasteiger partial charge in [-0.1, -0.05) is 27.2 Å². The van der Waals surface area contributed by atoms with Crippen molar-refractivity contribution < 1.29 is 0 Å². The maximum Gasteiger partial charge on any atom is 0.0113 e. The van der Waals surface area contributed by atoms with Crippen LogP contribution in [0.5, 0.6) is 0 Å². The van der Waals surface area contributed by atoms with Crippen LogP contribution in [0.3, 0.4) is 0 Å². The van der Waals surface area contributed by atoms with Gasteiger partial charge < -0.3 is 10.2 Å². The zero-order valence-electron chi connectivity index (χ0n) is 13.5. The summed E-state index contributed by atoms with van der Waals surface area (Å²) < 4.78 is 0. The first-order valence-corrected chi connectivity index (χ1v) is 8.55. The Morgan fingerprint density at radius 2 is 1.89 bits per heavy atom. The molecular weight excluding hydrogens is 232 g/mol. The fraction of sp³-hybridized carbons (Fsp3) is 1.00. The number of rotatable bonds is 6. The zero-order chi connectivity index (χ0) is 13.8. The lowest BCUT2D eigenvalue weighted by atomic mass is 9.71. The standard InChI is InChI=1S/C17H34N2/c1-5-9-18-17-11-13(2)10-14(3)16(17)12-19(4)15-7-6-8-15/h13-18H,5-12H2,1-4H3. The van der Waals surface area contributed by atoms with Crippen LogP contribution >= 0.6 is 0 Å². The second-order valence-electron chi connectivity index (χ2n) is 7.30. The monoisotopic (exact) mass is 266 g/mol. The minimum absolute atomic E-state index is 0.751. The summed E-state index contributed by atoms with van der Waals surface area (Å²) >= 11 is 0. The van der Waals surface area contributed by atoms with E-state index in [1.54, 1.807) is 0 Å². The molecule has 0 saturated heterocycles. The highest BCUT2D eigenvalue weighted by Crippen LogP contribution is 2.35. The Kier molecular flexibility index (Phi) is 5.70. The molecule has 4 unspecified atom stereocenters. The lowest BCUT2D eigenvalue weighted by Crippen LogP contribution is -2.51. The van der Waals surface area contributed by atoms with Crippen molar-refractivity contribution in [2.75, 3.05) is 20.1 Å². The lowest BCUT2D eigenvalue weighted by molar-refractivity contribution is 0.0722. The lowest BCUT2D eigenvalue weighted by Gasteiger charge is -2.44. The summed E-state index contributed by atoms with van der Waals surface area (Å²) in [6.07, 6.45) is 8.37. The minimum atomic E-state index is 0.751. The molecule has 0 radical (unpaired) electrons. The number of hydrogen-bond donors (Lipinski definition) is 1. The van der Waals surface area contributed by atoms with Crippen molar-refractivity contribution in [3.63, 3.8) is 0 Å². The van der Waals surface area contributed by atoms with Crippen LogP contribution in [0.1, 0.15) is 59.3 Å². The molecule has 0 aromatic heterocycles. The van der Waals surface area contributed by atoms with Crippen molar-refractivity contribution in [3.05, 3.63) is 0 Å². The van der Waals surface area contributed by atoms with Crippen LogP contribution in [-0.2, 0) is 0 Å². The SMILES string of the molecule is CCCNC1CC(C)CC(C)C1CN(C)C1CCC1. The highest BCUT2D eigenvalue weighted by atomic mass is 15.1. The van der Waals surface area contributed by atoms with Gasteiger partial charge in [0.25, 0.3) is 0 Å². The van der Waals surface area contributed by atoms with Gasteiger partial charge in [-0.05, 0) is 63.5 Å². The minimum Gasteiger partial charge on any atom is -0.314 e. The third-order valence-electron chi connectivity index (χ3n) is 5.53. The Hall–Kier alpha value is -0.0800. The molecule has 112 valence electrons. The fourth-order valence-corrected chi connectivity index (χ4v) is 4.09. The summed E-state index contributed by atoms with van der Waals surface area (Å²) in [6, 6.07) is 1.64. The Balaban J connectivity index is 1.91. The van der Waals surface area contributed by atoms with Crippen LogP contribution in [0.2, 0.25) is 0 Å². The third-order valence-corrected chi connectivity index (χ3v) is 5.53. The van der Waals surface area contributed by atoms with Crippen molar-refractivity contribution in [2.24, 2.45) is 17.8 Å². The van der Waals surface area contributed by atoms with Crippen molar-refractivity contribution in [3.8, 4) is 0 Å². The Labute approximate surface area is 120 Å². The maximum atomic E-state index is 3.84. The number of nitrogens with zero attached hydrogens (tertiary/aromatic N) is 1. The largest absolute Gasteiger partial charge is 0.314 e. The summed E-state index contributed by atoms with van der Waals surface area (Å²) in [7, 11) is 2.35. The van der Waals surface area contributed by atoms with E-state index < -0.39 is 0 Å². The summed E-state index contributed by atoms with van der Waals surface area (Å²) in [4.78, 5) is 2.65. The summed E-state index contributed by atoms with van der Waals surface area (Å²) in [5.74, 6) is 2.63. The third kappa shape index (κ3) is 3.95. The first-order valence-electron chi connectivity index (χ1n) is 8.55. The molecule has 2 aliphatic carbocycles. The van der Waals surface area contributed by atoms with E-state index in [0.717, 1.165) is 29.8 Å². The Bertz CT molecular complexity index is 262. The average Bonchev–Trinajstić information content (AvgIpc) is 2.28. The van der Waals surface area contributed by atoms with Gasteiger partial charge in [0.15, 0.2) is 0 Å². The summed E-state index contributed by atoms with van der Waals surface area (Å²) in [6.45, 7) is 9.68. The van der Waals surface area contributed by atoms with Gasteiger partial charge in [-0.15, -0.1) is 0 Å². The highest BCUT2D eigenvalue weighted by molar-refractivity contribution is 4.90. The predicted octanol–water partition coefficient (Wildman–Crippen LogP) is 3.52. The second-order valence-corrected chi connectivity index (χ2v) is 7.30. The molecule has 0 amide bonds. The van der Waals surface area contributed by atoms with Gasteiger partial charge in [-0.25, -0.2) is 0 Å². The molecule has 2 fully saturated rings. The molecule has 1 N–H and O–H groups in total. The molecule has 0 aromatic rings. The van der Waals surface area contributed by atoms with Crippen molar-refractivity contribution in [2.45, 2.75) is 71.4 Å². The molecular formula is C17H34N2. The Morgan fingerprint density at radius 3 is 2.47 bits per heavy atom. The smallest absolute Gasteiger partial charge is 0.0113 e. The van der Waals surface area contributed by atoms with E-state index in [9.17, 15) is 0 Å². The predicted molar refractivity (Wildman–Crippen MR) is 83.4 cm³/mol. The van der Waals surface area contributed by atoms with Gasteiger partial charge in [0, 0.05) is 18.6 Å².